The third kappa shape index (κ3) is 3.59. The first-order chi connectivity index (χ1) is 9.23. The lowest BCUT2D eigenvalue weighted by atomic mass is 10.2. The van der Waals surface area contributed by atoms with Crippen LogP contribution >= 0.6 is 11.3 Å². The van der Waals surface area contributed by atoms with Gasteiger partial charge in [-0.2, -0.15) is 0 Å². The number of rotatable bonds is 4. The van der Waals surface area contributed by atoms with Gasteiger partial charge in [-0.25, -0.2) is 21.6 Å². The minimum absolute atomic E-state index is 0.0185. The number of aliphatic hydroxyl groups excluding tert-OH is 1. The molecule has 0 radical (unpaired) electrons. The second-order valence-electron chi connectivity index (χ2n) is 4.84. The van der Waals surface area contributed by atoms with E-state index in [1.165, 1.54) is 17.4 Å². The van der Waals surface area contributed by atoms with Crippen LogP contribution in [0.5, 0.6) is 0 Å². The summed E-state index contributed by atoms with van der Waals surface area (Å²) in [4.78, 5) is 1.37. The molecule has 0 spiro atoms. The van der Waals surface area contributed by atoms with Gasteiger partial charge in [0.1, 0.15) is 9.84 Å². The number of thiophene rings is 1. The number of hydrogen-bond donors (Lipinski definition) is 2. The summed E-state index contributed by atoms with van der Waals surface area (Å²) in [6, 6.07) is 1.11. The van der Waals surface area contributed by atoms with Crippen molar-refractivity contribution in [1.82, 2.24) is 4.72 Å². The molecule has 2 rings (SSSR count). The summed E-state index contributed by atoms with van der Waals surface area (Å²) in [5, 5.41) is 9.05. The van der Waals surface area contributed by atoms with E-state index < -0.39 is 19.9 Å². The highest BCUT2D eigenvalue weighted by molar-refractivity contribution is 7.91. The Morgan fingerprint density at radius 3 is 2.50 bits per heavy atom. The average molecular weight is 339 g/mol. The van der Waals surface area contributed by atoms with Crippen LogP contribution in [0.3, 0.4) is 0 Å². The molecule has 0 aromatic carbocycles. The molecule has 6 nitrogen and oxygen atoms in total. The zero-order chi connectivity index (χ0) is 15.0. The molecule has 1 aliphatic rings. The molecule has 1 saturated heterocycles. The van der Waals surface area contributed by atoms with Gasteiger partial charge in [0.2, 0.25) is 10.0 Å². The predicted octanol–water partition coefficient (Wildman–Crippen LogP) is 0.404. The number of hydrogen-bond acceptors (Lipinski definition) is 6. The van der Waals surface area contributed by atoms with Crippen LogP contribution in [-0.4, -0.2) is 39.5 Å². The topological polar surface area (TPSA) is 101 Å². The highest BCUT2D eigenvalue weighted by atomic mass is 32.2. The number of sulfone groups is 1. The molecule has 9 heteroatoms. The second kappa shape index (κ2) is 5.72. The van der Waals surface area contributed by atoms with Crippen molar-refractivity contribution in [1.29, 1.82) is 0 Å². The monoisotopic (exact) mass is 339 g/mol. The standard InChI is InChI=1S/C11H17NO5S3/c1-8-11(6-10(7-13)18-8)20(16,17)12-9-2-4-19(14,15)5-3-9/h6,9,12-13H,2-5,7H2,1H3. The Labute approximate surface area is 122 Å². The molecule has 2 N–H and O–H groups in total. The molecule has 114 valence electrons. The summed E-state index contributed by atoms with van der Waals surface area (Å²) in [5.74, 6) is 0.0371. The van der Waals surface area contributed by atoms with Crippen LogP contribution in [0.15, 0.2) is 11.0 Å². The van der Waals surface area contributed by atoms with Crippen LogP contribution in [0, 0.1) is 6.92 Å². The zero-order valence-corrected chi connectivity index (χ0v) is 13.4. The summed E-state index contributed by atoms with van der Waals surface area (Å²) < 4.78 is 49.8. The van der Waals surface area contributed by atoms with Gasteiger partial charge in [0.15, 0.2) is 0 Å². The van der Waals surface area contributed by atoms with Gasteiger partial charge in [-0.05, 0) is 25.8 Å². The van der Waals surface area contributed by atoms with Gasteiger partial charge in [0, 0.05) is 15.8 Å². The third-order valence-corrected chi connectivity index (χ3v) is 7.77. The number of aryl methyl sites for hydroxylation is 1. The first kappa shape index (κ1) is 15.9. The maximum Gasteiger partial charge on any atom is 0.241 e. The fourth-order valence-electron chi connectivity index (χ4n) is 2.16. The van der Waals surface area contributed by atoms with Crippen LogP contribution in [0.1, 0.15) is 22.6 Å². The fraction of sp³-hybridized carbons (Fsp3) is 0.636. The van der Waals surface area contributed by atoms with Crippen LogP contribution < -0.4 is 4.72 Å². The van der Waals surface area contributed by atoms with Crippen LogP contribution in [0.2, 0.25) is 0 Å². The fourth-order valence-corrected chi connectivity index (χ4v) is 6.45. The third-order valence-electron chi connectivity index (χ3n) is 3.25. The van der Waals surface area contributed by atoms with E-state index in [2.05, 4.69) is 4.72 Å². The van der Waals surface area contributed by atoms with Crippen molar-refractivity contribution in [2.45, 2.75) is 37.3 Å². The Hall–Kier alpha value is -0.480. The minimum atomic E-state index is -3.66. The van der Waals surface area contributed by atoms with E-state index in [1.807, 2.05) is 0 Å². The quantitative estimate of drug-likeness (QED) is 0.827. The molecular weight excluding hydrogens is 322 g/mol. The average Bonchev–Trinajstić information content (AvgIpc) is 2.74. The lowest BCUT2D eigenvalue weighted by Gasteiger charge is -2.22. The number of nitrogens with one attached hydrogen (secondary N) is 1. The van der Waals surface area contributed by atoms with Crippen molar-refractivity contribution in [2.75, 3.05) is 11.5 Å². The molecular formula is C11H17NO5S3. The lowest BCUT2D eigenvalue weighted by Crippen LogP contribution is -2.40. The Morgan fingerprint density at radius 2 is 2.00 bits per heavy atom. The van der Waals surface area contributed by atoms with E-state index in [0.717, 1.165) is 0 Å². The van der Waals surface area contributed by atoms with Crippen LogP contribution in [0.25, 0.3) is 0 Å². The maximum absolute atomic E-state index is 12.3. The Bertz CT molecular complexity index is 676. The highest BCUT2D eigenvalue weighted by Crippen LogP contribution is 2.26. The molecule has 0 bridgehead atoms. The first-order valence-electron chi connectivity index (χ1n) is 6.16. The van der Waals surface area contributed by atoms with Crippen molar-refractivity contribution in [2.24, 2.45) is 0 Å². The molecule has 0 atom stereocenters. The van der Waals surface area contributed by atoms with Gasteiger partial charge in [0.25, 0.3) is 0 Å². The van der Waals surface area contributed by atoms with E-state index in [-0.39, 0.29) is 29.0 Å². The molecule has 1 aliphatic heterocycles. The van der Waals surface area contributed by atoms with Crippen molar-refractivity contribution in [3.8, 4) is 0 Å². The van der Waals surface area contributed by atoms with Crippen molar-refractivity contribution in [3.63, 3.8) is 0 Å². The van der Waals surface area contributed by atoms with Crippen LogP contribution in [0.4, 0.5) is 0 Å². The molecule has 1 aromatic heterocycles. The van der Waals surface area contributed by atoms with E-state index in [0.29, 0.717) is 22.6 Å². The Balaban J connectivity index is 2.13. The Kier molecular flexibility index (Phi) is 4.55. The summed E-state index contributed by atoms with van der Waals surface area (Å²) in [5.41, 5.74) is 0. The molecule has 20 heavy (non-hydrogen) atoms. The van der Waals surface area contributed by atoms with Gasteiger partial charge in [-0.3, -0.25) is 0 Å². The lowest BCUT2D eigenvalue weighted by molar-refractivity contribution is 0.285. The predicted molar refractivity (Wildman–Crippen MR) is 77.0 cm³/mol. The van der Waals surface area contributed by atoms with E-state index >= 15 is 0 Å². The van der Waals surface area contributed by atoms with Gasteiger partial charge >= 0.3 is 0 Å². The Morgan fingerprint density at radius 1 is 1.40 bits per heavy atom. The molecule has 0 aliphatic carbocycles. The largest absolute Gasteiger partial charge is 0.391 e. The minimum Gasteiger partial charge on any atom is -0.391 e. The van der Waals surface area contributed by atoms with Crippen molar-refractivity contribution in [3.05, 3.63) is 15.8 Å². The molecule has 1 aromatic rings. The molecule has 0 saturated carbocycles. The summed E-state index contributed by atoms with van der Waals surface area (Å²) >= 11 is 1.24. The van der Waals surface area contributed by atoms with Gasteiger partial charge in [-0.15, -0.1) is 11.3 Å². The molecule has 0 amide bonds. The van der Waals surface area contributed by atoms with Crippen molar-refractivity contribution >= 4 is 31.2 Å². The van der Waals surface area contributed by atoms with Gasteiger partial charge in [-0.1, -0.05) is 0 Å². The van der Waals surface area contributed by atoms with Gasteiger partial charge in [0.05, 0.1) is 23.0 Å². The molecule has 2 heterocycles. The summed E-state index contributed by atoms with van der Waals surface area (Å²) in [7, 11) is -6.67. The van der Waals surface area contributed by atoms with Crippen molar-refractivity contribution < 1.29 is 21.9 Å². The summed E-state index contributed by atoms with van der Waals surface area (Å²) in [6.07, 6.45) is 0.606. The number of sulfonamides is 1. The molecule has 1 fully saturated rings. The van der Waals surface area contributed by atoms with E-state index in [9.17, 15) is 16.8 Å². The summed E-state index contributed by atoms with van der Waals surface area (Å²) in [6.45, 7) is 1.49. The zero-order valence-electron chi connectivity index (χ0n) is 11.0. The van der Waals surface area contributed by atoms with E-state index in [1.54, 1.807) is 6.92 Å². The van der Waals surface area contributed by atoms with E-state index in [4.69, 9.17) is 5.11 Å². The maximum atomic E-state index is 12.3. The first-order valence-corrected chi connectivity index (χ1v) is 10.3. The van der Waals surface area contributed by atoms with Gasteiger partial charge < -0.3 is 5.11 Å². The number of aliphatic hydroxyl groups is 1. The highest BCUT2D eigenvalue weighted by Gasteiger charge is 2.28. The van der Waals surface area contributed by atoms with Crippen LogP contribution in [-0.2, 0) is 26.5 Å². The SMILES string of the molecule is Cc1sc(CO)cc1S(=O)(=O)NC1CCS(=O)(=O)CC1. The second-order valence-corrected chi connectivity index (χ2v) is 10.2. The molecule has 0 unspecified atom stereocenters. The smallest absolute Gasteiger partial charge is 0.241 e. The normalized spacial score (nSPS) is 20.1.